The molecule has 31 heavy (non-hydrogen) atoms. The van der Waals surface area contributed by atoms with Crippen molar-refractivity contribution in [2.45, 2.75) is 81.9 Å². The van der Waals surface area contributed by atoms with Crippen LogP contribution in [0.25, 0.3) is 5.65 Å². The number of aromatic nitrogens is 3. The Morgan fingerprint density at radius 3 is 2.45 bits per heavy atom. The number of pyridine rings is 1. The Hall–Kier alpha value is -1.65. The Bertz CT molecular complexity index is 996. The molecule has 0 aromatic carbocycles. The molecule has 1 fully saturated rings. The van der Waals surface area contributed by atoms with E-state index in [0.29, 0.717) is 29.9 Å². The third kappa shape index (κ3) is 5.23. The Morgan fingerprint density at radius 1 is 1.16 bits per heavy atom. The minimum absolute atomic E-state index is 0.0931. The van der Waals surface area contributed by atoms with Gasteiger partial charge in [0.05, 0.1) is 10.6 Å². The van der Waals surface area contributed by atoms with Gasteiger partial charge in [-0.1, -0.05) is 44.9 Å². The Kier molecular flexibility index (Phi) is 7.98. The number of thioether (sulfide) groups is 1. The van der Waals surface area contributed by atoms with Crippen LogP contribution < -0.4 is 0 Å². The van der Waals surface area contributed by atoms with Crippen molar-refractivity contribution in [3.63, 3.8) is 0 Å². The lowest BCUT2D eigenvalue weighted by Crippen LogP contribution is -2.46. The summed E-state index contributed by atoms with van der Waals surface area (Å²) in [5.41, 5.74) is 0.557. The van der Waals surface area contributed by atoms with Gasteiger partial charge < -0.3 is 4.90 Å². The van der Waals surface area contributed by atoms with Crippen LogP contribution in [0.4, 0.5) is 0 Å². The first-order chi connectivity index (χ1) is 14.8. The fourth-order valence-electron chi connectivity index (χ4n) is 4.29. The number of nitrogens with zero attached hydrogens (tertiary/aromatic N) is 5. The van der Waals surface area contributed by atoms with E-state index in [1.54, 1.807) is 22.7 Å². The molecule has 3 rings (SSSR count). The second-order valence-corrected chi connectivity index (χ2v) is 11.0. The lowest BCUT2D eigenvalue weighted by molar-refractivity contribution is -0.133. The summed E-state index contributed by atoms with van der Waals surface area (Å²) < 4.78 is 28.8. The molecule has 0 spiro atoms. The van der Waals surface area contributed by atoms with Gasteiger partial charge in [-0.25, -0.2) is 8.42 Å². The zero-order chi connectivity index (χ0) is 22.6. The molecule has 0 saturated heterocycles. The molecule has 0 N–H and O–H groups in total. The quantitative estimate of drug-likeness (QED) is 0.525. The SMILES string of the molecule is CCN(CC)S(=O)(=O)c1ccc2nnc(SCC(=O)N(C(C)C)C3CCCCC3)n2c1. The van der Waals surface area contributed by atoms with E-state index in [1.165, 1.54) is 35.3 Å². The minimum Gasteiger partial charge on any atom is -0.337 e. The molecule has 0 radical (unpaired) electrons. The van der Waals surface area contributed by atoms with Gasteiger partial charge in [0.25, 0.3) is 0 Å². The molecule has 2 heterocycles. The maximum Gasteiger partial charge on any atom is 0.244 e. The van der Waals surface area contributed by atoms with E-state index >= 15 is 0 Å². The van der Waals surface area contributed by atoms with E-state index in [9.17, 15) is 13.2 Å². The standard InChI is InChI=1S/C21H33N5O3S2/c1-5-24(6-2)31(28,29)18-12-13-19-22-23-21(25(19)14-18)30-15-20(27)26(16(3)4)17-10-8-7-9-11-17/h12-14,16-17H,5-11,15H2,1-4H3. The summed E-state index contributed by atoms with van der Waals surface area (Å²) in [4.78, 5) is 15.3. The topological polar surface area (TPSA) is 87.9 Å². The highest BCUT2D eigenvalue weighted by Crippen LogP contribution is 2.26. The van der Waals surface area contributed by atoms with Gasteiger partial charge in [-0.05, 0) is 38.8 Å². The second-order valence-electron chi connectivity index (χ2n) is 8.14. The van der Waals surface area contributed by atoms with Crippen molar-refractivity contribution in [3.05, 3.63) is 18.3 Å². The molecule has 1 aliphatic rings. The highest BCUT2D eigenvalue weighted by Gasteiger charge is 2.28. The molecule has 2 aromatic heterocycles. The van der Waals surface area contributed by atoms with Gasteiger partial charge in [0.2, 0.25) is 15.9 Å². The molecular formula is C21H33N5O3S2. The van der Waals surface area contributed by atoms with Crippen LogP contribution in [0, 0.1) is 0 Å². The minimum atomic E-state index is -3.59. The Balaban J connectivity index is 1.79. The van der Waals surface area contributed by atoms with Crippen LogP contribution in [-0.2, 0) is 14.8 Å². The summed E-state index contributed by atoms with van der Waals surface area (Å²) in [6, 6.07) is 3.67. The van der Waals surface area contributed by atoms with Crippen LogP contribution >= 0.6 is 11.8 Å². The molecule has 172 valence electrons. The zero-order valence-corrected chi connectivity index (χ0v) is 20.5. The first kappa shape index (κ1) is 24.0. The van der Waals surface area contributed by atoms with Gasteiger partial charge in [-0.2, -0.15) is 4.31 Å². The van der Waals surface area contributed by atoms with Crippen molar-refractivity contribution < 1.29 is 13.2 Å². The van der Waals surface area contributed by atoms with Crippen molar-refractivity contribution in [2.75, 3.05) is 18.8 Å². The van der Waals surface area contributed by atoms with Gasteiger partial charge in [0.1, 0.15) is 0 Å². The number of hydrogen-bond donors (Lipinski definition) is 0. The number of sulfonamides is 1. The van der Waals surface area contributed by atoms with Gasteiger partial charge >= 0.3 is 0 Å². The van der Waals surface area contributed by atoms with E-state index in [-0.39, 0.29) is 22.6 Å². The maximum absolute atomic E-state index is 13.1. The molecule has 0 unspecified atom stereocenters. The molecule has 0 atom stereocenters. The molecule has 10 heteroatoms. The van der Waals surface area contributed by atoms with Crippen LogP contribution in [-0.4, -0.2) is 69.1 Å². The van der Waals surface area contributed by atoms with Gasteiger partial charge in [0.15, 0.2) is 10.8 Å². The van der Waals surface area contributed by atoms with Crippen LogP contribution in [0.1, 0.15) is 59.8 Å². The highest BCUT2D eigenvalue weighted by atomic mass is 32.2. The molecule has 1 amide bonds. The largest absolute Gasteiger partial charge is 0.337 e. The van der Waals surface area contributed by atoms with Crippen LogP contribution in [0.2, 0.25) is 0 Å². The monoisotopic (exact) mass is 467 g/mol. The maximum atomic E-state index is 13.1. The first-order valence-corrected chi connectivity index (χ1v) is 13.5. The molecule has 1 aliphatic carbocycles. The predicted octanol–water partition coefficient (Wildman–Crippen LogP) is 3.42. The van der Waals surface area contributed by atoms with Crippen molar-refractivity contribution in [1.82, 2.24) is 23.8 Å². The molecule has 0 bridgehead atoms. The average molecular weight is 468 g/mol. The number of hydrogen-bond acceptors (Lipinski definition) is 6. The lowest BCUT2D eigenvalue weighted by Gasteiger charge is -2.37. The Morgan fingerprint density at radius 2 is 1.84 bits per heavy atom. The number of fused-ring (bicyclic) bond motifs is 1. The molecular weight excluding hydrogens is 434 g/mol. The summed E-state index contributed by atoms with van der Waals surface area (Å²) in [5.74, 6) is 0.346. The second kappa shape index (κ2) is 10.3. The number of carbonyl (C=O) groups excluding carboxylic acids is 1. The van der Waals surface area contributed by atoms with Crippen LogP contribution in [0.15, 0.2) is 28.4 Å². The van der Waals surface area contributed by atoms with Gasteiger partial charge in [-0.3, -0.25) is 9.20 Å². The smallest absolute Gasteiger partial charge is 0.244 e. The van der Waals surface area contributed by atoms with Gasteiger partial charge in [0, 0.05) is 31.4 Å². The third-order valence-electron chi connectivity index (χ3n) is 5.82. The van der Waals surface area contributed by atoms with Crippen molar-refractivity contribution in [3.8, 4) is 0 Å². The highest BCUT2D eigenvalue weighted by molar-refractivity contribution is 7.99. The number of amides is 1. The van der Waals surface area contributed by atoms with E-state index in [0.717, 1.165) is 12.8 Å². The normalized spacial score (nSPS) is 15.8. The first-order valence-electron chi connectivity index (χ1n) is 11.1. The number of rotatable bonds is 9. The summed E-state index contributed by atoms with van der Waals surface area (Å²) in [7, 11) is -3.59. The van der Waals surface area contributed by atoms with Crippen LogP contribution in [0.5, 0.6) is 0 Å². The summed E-state index contributed by atoms with van der Waals surface area (Å²) in [6.45, 7) is 8.57. The fourth-order valence-corrected chi connectivity index (χ4v) is 6.53. The van der Waals surface area contributed by atoms with E-state index in [2.05, 4.69) is 24.0 Å². The molecule has 2 aromatic rings. The summed E-state index contributed by atoms with van der Waals surface area (Å²) in [6.07, 6.45) is 7.27. The molecule has 1 saturated carbocycles. The van der Waals surface area contributed by atoms with Crippen LogP contribution in [0.3, 0.4) is 0 Å². The van der Waals surface area contributed by atoms with Gasteiger partial charge in [-0.15, -0.1) is 10.2 Å². The zero-order valence-electron chi connectivity index (χ0n) is 18.8. The molecule has 0 aliphatic heterocycles. The van der Waals surface area contributed by atoms with Crippen molar-refractivity contribution in [2.24, 2.45) is 0 Å². The van der Waals surface area contributed by atoms with Crippen molar-refractivity contribution >= 4 is 33.3 Å². The molecule has 8 nitrogen and oxygen atoms in total. The lowest BCUT2D eigenvalue weighted by atomic mass is 9.93. The predicted molar refractivity (Wildman–Crippen MR) is 123 cm³/mol. The third-order valence-corrected chi connectivity index (χ3v) is 8.79. The summed E-state index contributed by atoms with van der Waals surface area (Å²) >= 11 is 1.30. The number of carbonyl (C=O) groups is 1. The summed E-state index contributed by atoms with van der Waals surface area (Å²) in [5, 5.41) is 8.84. The fraction of sp³-hybridized carbons (Fsp3) is 0.667. The average Bonchev–Trinajstić information content (AvgIpc) is 3.16. The van der Waals surface area contributed by atoms with E-state index < -0.39 is 10.0 Å². The van der Waals surface area contributed by atoms with E-state index in [4.69, 9.17) is 0 Å². The van der Waals surface area contributed by atoms with Crippen molar-refractivity contribution in [1.29, 1.82) is 0 Å². The van der Waals surface area contributed by atoms with E-state index in [1.807, 2.05) is 18.7 Å². The Labute approximate surface area is 189 Å².